The van der Waals surface area contributed by atoms with Crippen molar-refractivity contribution in [3.05, 3.63) is 28.0 Å². The molecule has 1 atom stereocenters. The Hall–Kier alpha value is -0.310. The van der Waals surface area contributed by atoms with Gasteiger partial charge in [0, 0.05) is 6.04 Å². The van der Waals surface area contributed by atoms with Crippen molar-refractivity contribution in [2.45, 2.75) is 18.9 Å². The fraction of sp³-hybridized carbons (Fsp3) is 0.444. The largest absolute Gasteiger partial charge is 0.309 e. The first-order valence-electron chi connectivity index (χ1n) is 4.33. The number of rotatable bonds is 1. The Labute approximate surface area is 87.3 Å². The van der Waals surface area contributed by atoms with E-state index in [-0.39, 0.29) is 0 Å². The first-order chi connectivity index (χ1) is 6.27. The Morgan fingerprint density at radius 1 is 1.38 bits per heavy atom. The summed E-state index contributed by atoms with van der Waals surface area (Å²) in [5, 5.41) is 4.27. The Kier molecular flexibility index (Phi) is 2.72. The van der Waals surface area contributed by atoms with E-state index in [0.29, 0.717) is 16.2 Å². The minimum Gasteiger partial charge on any atom is -0.309 e. The quantitative estimate of drug-likeness (QED) is 0.731. The van der Waals surface area contributed by atoms with Crippen LogP contribution < -0.4 is 5.32 Å². The van der Waals surface area contributed by atoms with Crippen molar-refractivity contribution in [3.63, 3.8) is 0 Å². The van der Waals surface area contributed by atoms with Gasteiger partial charge in [0.25, 0.3) is 0 Å². The van der Waals surface area contributed by atoms with E-state index in [1.54, 1.807) is 6.07 Å². The number of nitrogens with zero attached hydrogens (tertiary/aromatic N) is 1. The Balaban J connectivity index is 2.25. The van der Waals surface area contributed by atoms with Gasteiger partial charge >= 0.3 is 0 Å². The van der Waals surface area contributed by atoms with E-state index in [4.69, 9.17) is 23.2 Å². The van der Waals surface area contributed by atoms with Gasteiger partial charge in [-0.05, 0) is 31.5 Å². The number of aromatic nitrogens is 1. The second-order valence-electron chi connectivity index (χ2n) is 3.16. The molecule has 0 aliphatic carbocycles. The van der Waals surface area contributed by atoms with E-state index < -0.39 is 0 Å². The van der Waals surface area contributed by atoms with Gasteiger partial charge in [0.2, 0.25) is 0 Å². The van der Waals surface area contributed by atoms with E-state index in [1.165, 1.54) is 6.42 Å². The molecule has 1 saturated heterocycles. The smallest absolute Gasteiger partial charge is 0.147 e. The van der Waals surface area contributed by atoms with E-state index in [1.807, 2.05) is 6.07 Å². The summed E-state index contributed by atoms with van der Waals surface area (Å²) in [7, 11) is 0. The van der Waals surface area contributed by atoms with Crippen LogP contribution in [0.25, 0.3) is 0 Å². The van der Waals surface area contributed by atoms with E-state index in [0.717, 1.165) is 18.7 Å². The summed E-state index contributed by atoms with van der Waals surface area (Å²) in [6, 6.07) is 4.08. The first-order valence-corrected chi connectivity index (χ1v) is 5.08. The number of pyridine rings is 1. The average molecular weight is 217 g/mol. The summed E-state index contributed by atoms with van der Waals surface area (Å²) >= 11 is 11.6. The standard InChI is InChI=1S/C9H10Cl2N2/c10-6-3-4-8(13-9(6)11)7-2-1-5-12-7/h3-4,7,12H,1-2,5H2/t7-/m0/s1. The van der Waals surface area contributed by atoms with Crippen molar-refractivity contribution in [3.8, 4) is 0 Å². The van der Waals surface area contributed by atoms with Gasteiger partial charge in [-0.25, -0.2) is 4.98 Å². The molecule has 0 radical (unpaired) electrons. The van der Waals surface area contributed by atoms with Crippen LogP contribution in [0.5, 0.6) is 0 Å². The molecule has 1 aromatic heterocycles. The van der Waals surface area contributed by atoms with Gasteiger partial charge < -0.3 is 5.32 Å². The SMILES string of the molecule is Clc1ccc([C@@H]2CCCN2)nc1Cl. The van der Waals surface area contributed by atoms with Crippen molar-refractivity contribution in [2.75, 3.05) is 6.54 Å². The van der Waals surface area contributed by atoms with Crippen molar-refractivity contribution in [1.82, 2.24) is 10.3 Å². The van der Waals surface area contributed by atoms with Gasteiger partial charge in [-0.3, -0.25) is 0 Å². The van der Waals surface area contributed by atoms with E-state index in [9.17, 15) is 0 Å². The molecule has 0 bridgehead atoms. The molecule has 1 aromatic rings. The molecule has 1 N–H and O–H groups in total. The molecule has 4 heteroatoms. The number of halogens is 2. The maximum Gasteiger partial charge on any atom is 0.147 e. The lowest BCUT2D eigenvalue weighted by atomic mass is 10.1. The number of nitrogens with one attached hydrogen (secondary N) is 1. The molecule has 70 valence electrons. The van der Waals surface area contributed by atoms with Crippen LogP contribution in [0, 0.1) is 0 Å². The minimum atomic E-state index is 0.356. The summed E-state index contributed by atoms with van der Waals surface area (Å²) in [6.45, 7) is 1.06. The lowest BCUT2D eigenvalue weighted by Crippen LogP contribution is -2.14. The molecule has 0 aromatic carbocycles. The van der Waals surface area contributed by atoms with Crippen LogP contribution >= 0.6 is 23.2 Å². The van der Waals surface area contributed by atoms with Gasteiger partial charge in [0.15, 0.2) is 0 Å². The maximum absolute atomic E-state index is 5.82. The molecule has 2 nitrogen and oxygen atoms in total. The molecular weight excluding hydrogens is 207 g/mol. The molecule has 0 amide bonds. The van der Waals surface area contributed by atoms with Crippen LogP contribution in [0.15, 0.2) is 12.1 Å². The van der Waals surface area contributed by atoms with Crippen LogP contribution in [0.1, 0.15) is 24.6 Å². The molecule has 0 unspecified atom stereocenters. The summed E-state index contributed by atoms with van der Waals surface area (Å²) < 4.78 is 0. The topological polar surface area (TPSA) is 24.9 Å². The summed E-state index contributed by atoms with van der Waals surface area (Å²) in [5.74, 6) is 0. The second kappa shape index (κ2) is 3.82. The number of hydrogen-bond acceptors (Lipinski definition) is 2. The molecule has 1 aliphatic rings. The van der Waals surface area contributed by atoms with Crippen molar-refractivity contribution >= 4 is 23.2 Å². The monoisotopic (exact) mass is 216 g/mol. The average Bonchev–Trinajstić information content (AvgIpc) is 2.62. The highest BCUT2D eigenvalue weighted by atomic mass is 35.5. The zero-order valence-electron chi connectivity index (χ0n) is 7.06. The fourth-order valence-corrected chi connectivity index (χ4v) is 1.83. The minimum absolute atomic E-state index is 0.356. The van der Waals surface area contributed by atoms with Crippen molar-refractivity contribution in [1.29, 1.82) is 0 Å². The van der Waals surface area contributed by atoms with Crippen molar-refractivity contribution < 1.29 is 0 Å². The predicted molar refractivity (Wildman–Crippen MR) is 54.2 cm³/mol. The van der Waals surface area contributed by atoms with Crippen LogP contribution in [0.3, 0.4) is 0 Å². The maximum atomic E-state index is 5.82. The van der Waals surface area contributed by atoms with E-state index >= 15 is 0 Å². The van der Waals surface area contributed by atoms with Gasteiger partial charge in [0.05, 0.1) is 10.7 Å². The zero-order valence-corrected chi connectivity index (χ0v) is 8.57. The van der Waals surface area contributed by atoms with Crippen LogP contribution in [0.4, 0.5) is 0 Å². The number of hydrogen-bond donors (Lipinski definition) is 1. The van der Waals surface area contributed by atoms with Crippen LogP contribution in [-0.4, -0.2) is 11.5 Å². The third-order valence-corrected chi connectivity index (χ3v) is 2.93. The molecular formula is C9H10Cl2N2. The zero-order chi connectivity index (χ0) is 9.26. The highest BCUT2D eigenvalue weighted by Gasteiger charge is 2.17. The van der Waals surface area contributed by atoms with Gasteiger partial charge in [-0.2, -0.15) is 0 Å². The van der Waals surface area contributed by atoms with Crippen LogP contribution in [0.2, 0.25) is 10.2 Å². The molecule has 2 rings (SSSR count). The molecule has 0 spiro atoms. The molecule has 1 fully saturated rings. The van der Waals surface area contributed by atoms with Crippen molar-refractivity contribution in [2.24, 2.45) is 0 Å². The third kappa shape index (κ3) is 1.96. The molecule has 0 saturated carbocycles. The Morgan fingerprint density at radius 2 is 2.23 bits per heavy atom. The highest BCUT2D eigenvalue weighted by Crippen LogP contribution is 2.25. The van der Waals surface area contributed by atoms with Crippen LogP contribution in [-0.2, 0) is 0 Å². The lowest BCUT2D eigenvalue weighted by molar-refractivity contribution is 0.628. The summed E-state index contributed by atoms with van der Waals surface area (Å²) in [6.07, 6.45) is 2.33. The Morgan fingerprint density at radius 3 is 2.85 bits per heavy atom. The third-order valence-electron chi connectivity index (χ3n) is 2.24. The lowest BCUT2D eigenvalue weighted by Gasteiger charge is -2.09. The second-order valence-corrected chi connectivity index (χ2v) is 3.92. The fourth-order valence-electron chi connectivity index (χ4n) is 1.56. The van der Waals surface area contributed by atoms with Gasteiger partial charge in [0.1, 0.15) is 5.15 Å². The van der Waals surface area contributed by atoms with Gasteiger partial charge in [-0.1, -0.05) is 23.2 Å². The molecule has 13 heavy (non-hydrogen) atoms. The predicted octanol–water partition coefficient (Wildman–Crippen LogP) is 2.81. The normalized spacial score (nSPS) is 22.2. The van der Waals surface area contributed by atoms with Gasteiger partial charge in [-0.15, -0.1) is 0 Å². The Bertz CT molecular complexity index is 308. The first kappa shape index (κ1) is 9.25. The molecule has 2 heterocycles. The molecule has 1 aliphatic heterocycles. The summed E-state index contributed by atoms with van der Waals surface area (Å²) in [4.78, 5) is 4.23. The summed E-state index contributed by atoms with van der Waals surface area (Å²) in [5.41, 5.74) is 0.993. The van der Waals surface area contributed by atoms with E-state index in [2.05, 4.69) is 10.3 Å². The highest BCUT2D eigenvalue weighted by molar-refractivity contribution is 6.41.